The first-order valence-electron chi connectivity index (χ1n) is 7.14. The van der Waals surface area contributed by atoms with E-state index in [-0.39, 0.29) is 5.92 Å². The molecule has 5 nitrogen and oxygen atoms in total. The molecule has 112 valence electrons. The topological polar surface area (TPSA) is 72.0 Å². The lowest BCUT2D eigenvalue weighted by Crippen LogP contribution is -2.30. The van der Waals surface area contributed by atoms with Crippen LogP contribution in [0.25, 0.3) is 0 Å². The van der Waals surface area contributed by atoms with Gasteiger partial charge in [-0.05, 0) is 25.3 Å². The first-order valence-corrected chi connectivity index (χ1v) is 9.03. The standard InChI is InChI=1S/C14H23N3O2S/c1-10(2)7-13-16-9-12(20(3,18)19)14(17-13)11-5-4-6-15-8-11/h9-11,15H,4-8H2,1-3H3/t11-/m1/s1. The number of aromatic nitrogens is 2. The van der Waals surface area contributed by atoms with Gasteiger partial charge in [0, 0.05) is 31.3 Å². The third-order valence-electron chi connectivity index (χ3n) is 3.51. The molecule has 1 aliphatic rings. The molecule has 1 aromatic heterocycles. The van der Waals surface area contributed by atoms with Gasteiger partial charge in [0.15, 0.2) is 9.84 Å². The van der Waals surface area contributed by atoms with Crippen molar-refractivity contribution in [2.24, 2.45) is 5.92 Å². The van der Waals surface area contributed by atoms with E-state index in [1.165, 1.54) is 12.5 Å². The molecule has 20 heavy (non-hydrogen) atoms. The predicted octanol–water partition coefficient (Wildman–Crippen LogP) is 1.55. The second-order valence-corrected chi connectivity index (χ2v) is 7.93. The minimum Gasteiger partial charge on any atom is -0.316 e. The van der Waals surface area contributed by atoms with Crippen molar-refractivity contribution < 1.29 is 8.42 Å². The van der Waals surface area contributed by atoms with E-state index in [1.54, 1.807) is 0 Å². The summed E-state index contributed by atoms with van der Waals surface area (Å²) >= 11 is 0. The molecule has 1 saturated heterocycles. The van der Waals surface area contributed by atoms with Crippen LogP contribution in [0.1, 0.15) is 44.1 Å². The van der Waals surface area contributed by atoms with Gasteiger partial charge in [-0.1, -0.05) is 13.8 Å². The lowest BCUT2D eigenvalue weighted by molar-refractivity contribution is 0.445. The zero-order chi connectivity index (χ0) is 14.8. The normalized spacial score (nSPS) is 20.3. The van der Waals surface area contributed by atoms with Crippen LogP contribution in [0, 0.1) is 5.92 Å². The highest BCUT2D eigenvalue weighted by molar-refractivity contribution is 7.90. The second-order valence-electron chi connectivity index (χ2n) is 5.95. The maximum atomic E-state index is 11.9. The summed E-state index contributed by atoms with van der Waals surface area (Å²) in [7, 11) is -3.28. The van der Waals surface area contributed by atoms with E-state index in [4.69, 9.17) is 0 Å². The Morgan fingerprint density at radius 3 is 2.75 bits per heavy atom. The Bertz CT molecular complexity index is 564. The van der Waals surface area contributed by atoms with Crippen molar-refractivity contribution in [2.45, 2.75) is 43.9 Å². The Hall–Kier alpha value is -1.01. The molecule has 1 aromatic rings. The van der Waals surface area contributed by atoms with Gasteiger partial charge >= 0.3 is 0 Å². The summed E-state index contributed by atoms with van der Waals surface area (Å²) in [6.45, 7) is 6.00. The first-order chi connectivity index (χ1) is 9.38. The molecule has 2 rings (SSSR count). The van der Waals surface area contributed by atoms with E-state index < -0.39 is 9.84 Å². The van der Waals surface area contributed by atoms with Crippen LogP contribution >= 0.6 is 0 Å². The molecule has 0 radical (unpaired) electrons. The zero-order valence-corrected chi connectivity index (χ0v) is 13.2. The highest BCUT2D eigenvalue weighted by Gasteiger charge is 2.25. The zero-order valence-electron chi connectivity index (χ0n) is 12.4. The largest absolute Gasteiger partial charge is 0.316 e. The minimum atomic E-state index is -3.28. The lowest BCUT2D eigenvalue weighted by Gasteiger charge is -2.24. The number of rotatable bonds is 4. The molecule has 2 heterocycles. The van der Waals surface area contributed by atoms with E-state index in [2.05, 4.69) is 29.1 Å². The Morgan fingerprint density at radius 1 is 1.45 bits per heavy atom. The summed E-state index contributed by atoms with van der Waals surface area (Å²) in [4.78, 5) is 9.09. The number of hydrogen-bond acceptors (Lipinski definition) is 5. The van der Waals surface area contributed by atoms with Gasteiger partial charge in [0.1, 0.15) is 10.7 Å². The second kappa shape index (κ2) is 6.18. The number of nitrogens with one attached hydrogen (secondary N) is 1. The van der Waals surface area contributed by atoms with E-state index >= 15 is 0 Å². The average Bonchev–Trinajstić information content (AvgIpc) is 2.37. The van der Waals surface area contributed by atoms with E-state index in [1.807, 2.05) is 0 Å². The van der Waals surface area contributed by atoms with Gasteiger partial charge in [-0.25, -0.2) is 18.4 Å². The van der Waals surface area contributed by atoms with Gasteiger partial charge in [-0.3, -0.25) is 0 Å². The van der Waals surface area contributed by atoms with Gasteiger partial charge in [-0.15, -0.1) is 0 Å². The molecular formula is C14H23N3O2S. The highest BCUT2D eigenvalue weighted by Crippen LogP contribution is 2.27. The third kappa shape index (κ3) is 3.76. The Kier molecular flexibility index (Phi) is 4.75. The fourth-order valence-electron chi connectivity index (χ4n) is 2.55. The molecule has 1 aliphatic heterocycles. The molecule has 6 heteroatoms. The van der Waals surface area contributed by atoms with Gasteiger partial charge in [0.25, 0.3) is 0 Å². The van der Waals surface area contributed by atoms with Crippen LogP contribution in [-0.4, -0.2) is 37.7 Å². The summed E-state index contributed by atoms with van der Waals surface area (Å²) in [6, 6.07) is 0. The Morgan fingerprint density at radius 2 is 2.20 bits per heavy atom. The number of piperidine rings is 1. The maximum Gasteiger partial charge on any atom is 0.178 e. The average molecular weight is 297 g/mol. The van der Waals surface area contributed by atoms with E-state index in [0.29, 0.717) is 16.5 Å². The van der Waals surface area contributed by atoms with Crippen LogP contribution in [-0.2, 0) is 16.3 Å². The van der Waals surface area contributed by atoms with Crippen molar-refractivity contribution >= 4 is 9.84 Å². The summed E-state index contributed by atoms with van der Waals surface area (Å²) in [5, 5.41) is 3.32. The van der Waals surface area contributed by atoms with Crippen LogP contribution in [0.15, 0.2) is 11.1 Å². The lowest BCUT2D eigenvalue weighted by atomic mass is 9.96. The van der Waals surface area contributed by atoms with Crippen molar-refractivity contribution in [1.29, 1.82) is 0 Å². The number of sulfone groups is 1. The van der Waals surface area contributed by atoms with Crippen LogP contribution in [0.5, 0.6) is 0 Å². The minimum absolute atomic E-state index is 0.169. The summed E-state index contributed by atoms with van der Waals surface area (Å²) < 4.78 is 23.9. The monoisotopic (exact) mass is 297 g/mol. The van der Waals surface area contributed by atoms with Crippen LogP contribution in [0.3, 0.4) is 0 Å². The summed E-state index contributed by atoms with van der Waals surface area (Å²) in [5.41, 5.74) is 0.699. The SMILES string of the molecule is CC(C)Cc1ncc(S(C)(=O)=O)c([C@@H]2CCCNC2)n1. The number of hydrogen-bond donors (Lipinski definition) is 1. The summed E-state index contributed by atoms with van der Waals surface area (Å²) in [5.74, 6) is 1.37. The van der Waals surface area contributed by atoms with E-state index in [9.17, 15) is 8.42 Å². The van der Waals surface area contributed by atoms with Crippen LogP contribution in [0.4, 0.5) is 0 Å². The van der Waals surface area contributed by atoms with Crippen LogP contribution < -0.4 is 5.32 Å². The molecule has 0 aromatic carbocycles. The maximum absolute atomic E-state index is 11.9. The molecule has 0 unspecified atom stereocenters. The third-order valence-corrected chi connectivity index (χ3v) is 4.62. The van der Waals surface area contributed by atoms with Crippen molar-refractivity contribution in [3.05, 3.63) is 17.7 Å². The van der Waals surface area contributed by atoms with Crippen molar-refractivity contribution in [3.63, 3.8) is 0 Å². The molecule has 1 fully saturated rings. The van der Waals surface area contributed by atoms with Gasteiger partial charge in [0.2, 0.25) is 0 Å². The Labute approximate surface area is 121 Å². The smallest absolute Gasteiger partial charge is 0.178 e. The van der Waals surface area contributed by atoms with Crippen molar-refractivity contribution in [3.8, 4) is 0 Å². The van der Waals surface area contributed by atoms with Gasteiger partial charge in [-0.2, -0.15) is 0 Å². The Balaban J connectivity index is 2.42. The molecular weight excluding hydrogens is 274 g/mol. The molecule has 0 amide bonds. The summed E-state index contributed by atoms with van der Waals surface area (Å²) in [6.07, 6.45) is 5.53. The fraction of sp³-hybridized carbons (Fsp3) is 0.714. The van der Waals surface area contributed by atoms with Gasteiger partial charge in [0.05, 0.1) is 5.69 Å². The number of nitrogens with zero attached hydrogens (tertiary/aromatic N) is 2. The van der Waals surface area contributed by atoms with Crippen molar-refractivity contribution in [1.82, 2.24) is 15.3 Å². The molecule has 0 spiro atoms. The van der Waals surface area contributed by atoms with Crippen molar-refractivity contribution in [2.75, 3.05) is 19.3 Å². The molecule has 1 atom stereocenters. The quantitative estimate of drug-likeness (QED) is 0.913. The highest BCUT2D eigenvalue weighted by atomic mass is 32.2. The van der Waals surface area contributed by atoms with Crippen LogP contribution in [0.2, 0.25) is 0 Å². The fourth-order valence-corrected chi connectivity index (χ4v) is 3.39. The van der Waals surface area contributed by atoms with E-state index in [0.717, 1.165) is 38.2 Å². The predicted molar refractivity (Wildman–Crippen MR) is 78.5 cm³/mol. The molecule has 0 saturated carbocycles. The molecule has 1 N–H and O–H groups in total. The molecule has 0 aliphatic carbocycles. The first kappa shape index (κ1) is 15.4. The van der Waals surface area contributed by atoms with Gasteiger partial charge < -0.3 is 5.32 Å². The molecule has 0 bridgehead atoms.